The third-order valence-corrected chi connectivity index (χ3v) is 2.56. The Morgan fingerprint density at radius 2 is 2.14 bits per heavy atom. The van der Waals surface area contributed by atoms with Crippen LogP contribution in [0.5, 0.6) is 5.75 Å². The average Bonchev–Trinajstić information content (AvgIpc) is 2.54. The highest BCUT2D eigenvalue weighted by Gasteiger charge is 2.10. The van der Waals surface area contributed by atoms with E-state index in [1.807, 2.05) is 0 Å². The highest BCUT2D eigenvalue weighted by atomic mass is 16.5. The molecule has 2 rings (SSSR count). The van der Waals surface area contributed by atoms with Crippen LogP contribution in [0.2, 0.25) is 0 Å². The fourth-order valence-corrected chi connectivity index (χ4v) is 1.57. The van der Waals surface area contributed by atoms with E-state index < -0.39 is 0 Å². The van der Waals surface area contributed by atoms with Crippen molar-refractivity contribution in [3.8, 4) is 5.75 Å². The average molecular weight is 286 g/mol. The first-order chi connectivity index (χ1) is 10.2. The first-order valence-corrected chi connectivity index (χ1v) is 6.10. The van der Waals surface area contributed by atoms with Gasteiger partial charge in [0, 0.05) is 12.4 Å². The molecule has 2 aromatic rings. The van der Waals surface area contributed by atoms with Gasteiger partial charge in [-0.2, -0.15) is 0 Å². The van der Waals surface area contributed by atoms with Crippen molar-refractivity contribution in [2.75, 3.05) is 11.9 Å². The quantitative estimate of drug-likeness (QED) is 0.333. The lowest BCUT2D eigenvalue weighted by Gasteiger charge is -2.11. The second-order valence-electron chi connectivity index (χ2n) is 4.07. The topological polar surface area (TPSA) is 110 Å². The lowest BCUT2D eigenvalue weighted by molar-refractivity contribution is 0.102. The molecule has 1 aromatic carbocycles. The molecule has 7 heteroatoms. The van der Waals surface area contributed by atoms with Crippen molar-refractivity contribution in [3.63, 3.8) is 0 Å². The van der Waals surface area contributed by atoms with Crippen molar-refractivity contribution in [2.45, 2.75) is 0 Å². The lowest BCUT2D eigenvalue weighted by Crippen LogP contribution is -2.21. The molecule has 0 aliphatic carbocycles. The van der Waals surface area contributed by atoms with Gasteiger partial charge in [-0.1, -0.05) is 17.3 Å². The highest BCUT2D eigenvalue weighted by Crippen LogP contribution is 2.24. The second-order valence-corrected chi connectivity index (χ2v) is 4.07. The Hall–Kier alpha value is -3.09. The molecule has 7 nitrogen and oxygen atoms in total. The van der Waals surface area contributed by atoms with Crippen LogP contribution in [-0.4, -0.2) is 28.5 Å². The normalized spacial score (nSPS) is 11.0. The lowest BCUT2D eigenvalue weighted by atomic mass is 10.2. The molecule has 0 radical (unpaired) electrons. The van der Waals surface area contributed by atoms with Crippen LogP contribution in [-0.2, 0) is 0 Å². The Labute approximate surface area is 121 Å². The van der Waals surface area contributed by atoms with Gasteiger partial charge >= 0.3 is 0 Å². The van der Waals surface area contributed by atoms with E-state index in [4.69, 9.17) is 15.7 Å². The number of amidine groups is 1. The number of hydrogen-bond donors (Lipinski definition) is 3. The zero-order valence-electron chi connectivity index (χ0n) is 11.1. The molecular formula is C14H14N4O3. The van der Waals surface area contributed by atoms with Crippen molar-refractivity contribution in [1.82, 2.24) is 4.98 Å². The van der Waals surface area contributed by atoms with Gasteiger partial charge in [-0.05, 0) is 24.3 Å². The number of rotatable bonds is 5. The van der Waals surface area contributed by atoms with Crippen molar-refractivity contribution < 1.29 is 14.7 Å². The molecule has 0 bridgehead atoms. The summed E-state index contributed by atoms with van der Waals surface area (Å²) in [5.41, 5.74) is 6.26. The molecule has 1 aromatic heterocycles. The van der Waals surface area contributed by atoms with Crippen molar-refractivity contribution in [2.24, 2.45) is 10.9 Å². The molecule has 1 heterocycles. The number of pyridine rings is 1. The van der Waals surface area contributed by atoms with Crippen LogP contribution < -0.4 is 15.8 Å². The van der Waals surface area contributed by atoms with Gasteiger partial charge in [-0.3, -0.25) is 9.78 Å². The minimum absolute atomic E-state index is 0.0663. The van der Waals surface area contributed by atoms with Gasteiger partial charge in [-0.25, -0.2) is 0 Å². The van der Waals surface area contributed by atoms with Gasteiger partial charge in [0.2, 0.25) is 0 Å². The van der Waals surface area contributed by atoms with E-state index >= 15 is 0 Å². The fraction of sp³-hybridized carbons (Fsp3) is 0.0714. The number of anilines is 1. The van der Waals surface area contributed by atoms with Gasteiger partial charge < -0.3 is 21.0 Å². The first kappa shape index (κ1) is 14.3. The number of ether oxygens (including phenoxy) is 1. The monoisotopic (exact) mass is 286 g/mol. The largest absolute Gasteiger partial charge is 0.483 e. The molecule has 108 valence electrons. The summed E-state index contributed by atoms with van der Waals surface area (Å²) in [5, 5.41) is 14.0. The molecule has 21 heavy (non-hydrogen) atoms. The predicted octanol–water partition coefficient (Wildman–Crippen LogP) is 1.46. The Balaban J connectivity index is 2.11. The molecule has 0 unspecified atom stereocenters. The summed E-state index contributed by atoms with van der Waals surface area (Å²) >= 11 is 0. The molecular weight excluding hydrogens is 272 g/mol. The third kappa shape index (κ3) is 3.93. The predicted molar refractivity (Wildman–Crippen MR) is 77.5 cm³/mol. The Kier molecular flexibility index (Phi) is 4.70. The molecule has 0 saturated carbocycles. The van der Waals surface area contributed by atoms with Crippen LogP contribution >= 0.6 is 0 Å². The number of nitrogens with two attached hydrogens (primary N) is 1. The van der Waals surface area contributed by atoms with Gasteiger partial charge in [0.15, 0.2) is 5.84 Å². The van der Waals surface area contributed by atoms with Gasteiger partial charge in [0.1, 0.15) is 12.4 Å². The highest BCUT2D eigenvalue weighted by molar-refractivity contribution is 6.04. The van der Waals surface area contributed by atoms with Gasteiger partial charge in [0.25, 0.3) is 5.91 Å². The number of benzene rings is 1. The number of oxime groups is 1. The van der Waals surface area contributed by atoms with Crippen LogP contribution in [0.4, 0.5) is 5.69 Å². The first-order valence-electron chi connectivity index (χ1n) is 6.10. The van der Waals surface area contributed by atoms with Crippen molar-refractivity contribution >= 4 is 17.4 Å². The summed E-state index contributed by atoms with van der Waals surface area (Å²) in [6.45, 7) is -0.0870. The molecule has 0 aliphatic rings. The number of hydrogen-bond acceptors (Lipinski definition) is 5. The standard InChI is InChI=1S/C14H14N4O3/c15-13(18-20)9-21-12-6-2-1-5-11(12)17-14(19)10-4-3-7-16-8-10/h1-8,20H,9H2,(H2,15,18)(H,17,19). The maximum absolute atomic E-state index is 12.1. The molecule has 0 fully saturated rings. The Bertz CT molecular complexity index is 644. The number of carbonyl (C=O) groups excluding carboxylic acids is 1. The molecule has 0 spiro atoms. The van der Waals surface area contributed by atoms with E-state index in [0.717, 1.165) is 0 Å². The van der Waals surface area contributed by atoms with E-state index in [9.17, 15) is 4.79 Å². The molecule has 0 atom stereocenters. The minimum atomic E-state index is -0.303. The van der Waals surface area contributed by atoms with Gasteiger partial charge in [-0.15, -0.1) is 0 Å². The Morgan fingerprint density at radius 3 is 2.86 bits per heavy atom. The van der Waals surface area contributed by atoms with Gasteiger partial charge in [0.05, 0.1) is 11.3 Å². The van der Waals surface area contributed by atoms with Crippen LogP contribution in [0.1, 0.15) is 10.4 Å². The van der Waals surface area contributed by atoms with Crippen LogP contribution in [0.25, 0.3) is 0 Å². The summed E-state index contributed by atoms with van der Waals surface area (Å²) in [7, 11) is 0. The summed E-state index contributed by atoms with van der Waals surface area (Å²) < 4.78 is 5.38. The maximum atomic E-state index is 12.1. The zero-order valence-corrected chi connectivity index (χ0v) is 11.1. The van der Waals surface area contributed by atoms with Crippen LogP contribution in [0.15, 0.2) is 53.9 Å². The number of nitrogens with one attached hydrogen (secondary N) is 1. The number of aromatic nitrogens is 1. The number of para-hydroxylation sites is 2. The molecule has 0 aliphatic heterocycles. The van der Waals surface area contributed by atoms with Crippen LogP contribution in [0, 0.1) is 0 Å². The second kappa shape index (κ2) is 6.90. The molecule has 0 saturated heterocycles. The SMILES string of the molecule is N/C(COc1ccccc1NC(=O)c1cccnc1)=N\O. The maximum Gasteiger partial charge on any atom is 0.257 e. The molecule has 4 N–H and O–H groups in total. The fourth-order valence-electron chi connectivity index (χ4n) is 1.57. The summed E-state index contributed by atoms with van der Waals surface area (Å²) in [4.78, 5) is 16.0. The summed E-state index contributed by atoms with van der Waals surface area (Å²) in [6, 6.07) is 10.2. The minimum Gasteiger partial charge on any atom is -0.483 e. The number of nitrogens with zero attached hydrogens (tertiary/aromatic N) is 2. The Morgan fingerprint density at radius 1 is 1.33 bits per heavy atom. The van der Waals surface area contributed by atoms with Crippen LogP contribution in [0.3, 0.4) is 0 Å². The molecule has 1 amide bonds. The third-order valence-electron chi connectivity index (χ3n) is 2.56. The van der Waals surface area contributed by atoms with Crippen molar-refractivity contribution in [1.29, 1.82) is 0 Å². The number of amides is 1. The smallest absolute Gasteiger partial charge is 0.257 e. The van der Waals surface area contributed by atoms with E-state index in [2.05, 4.69) is 15.5 Å². The van der Waals surface area contributed by atoms with Crippen molar-refractivity contribution in [3.05, 3.63) is 54.4 Å². The summed E-state index contributed by atoms with van der Waals surface area (Å²) in [6.07, 6.45) is 3.06. The van der Waals surface area contributed by atoms with E-state index in [-0.39, 0.29) is 18.3 Å². The zero-order chi connectivity index (χ0) is 15.1. The summed E-state index contributed by atoms with van der Waals surface area (Å²) in [5.74, 6) is 0.0488. The van der Waals surface area contributed by atoms with E-state index in [1.54, 1.807) is 42.6 Å². The van der Waals surface area contributed by atoms with E-state index in [0.29, 0.717) is 17.0 Å². The number of carbonyl (C=O) groups is 1. The van der Waals surface area contributed by atoms with E-state index in [1.165, 1.54) is 6.20 Å².